The van der Waals surface area contributed by atoms with Gasteiger partial charge in [-0.1, -0.05) is 18.1 Å². The molecular weight excluding hydrogens is 213 g/mol. The number of rotatable bonds is 0. The van der Waals surface area contributed by atoms with Gasteiger partial charge in [-0.3, -0.25) is 0 Å². The van der Waals surface area contributed by atoms with E-state index in [1.54, 1.807) is 12.1 Å². The van der Waals surface area contributed by atoms with Crippen molar-refractivity contribution in [1.82, 2.24) is 4.98 Å². The molecule has 1 nitrogen and oxygen atoms in total. The highest BCUT2D eigenvalue weighted by Gasteiger charge is 1.95. The van der Waals surface area contributed by atoms with Crippen LogP contribution in [0.1, 0.15) is 22.5 Å². The molecule has 0 radical (unpaired) electrons. The number of pyridine rings is 1. The Balaban J connectivity index is 2.30. The summed E-state index contributed by atoms with van der Waals surface area (Å²) in [7, 11) is 0. The Hall–Kier alpha value is -2.14. The summed E-state index contributed by atoms with van der Waals surface area (Å²) in [5, 5.41) is 0. The molecule has 0 saturated carbocycles. The number of aromatic nitrogens is 1. The van der Waals surface area contributed by atoms with Gasteiger partial charge >= 0.3 is 0 Å². The lowest BCUT2D eigenvalue weighted by Gasteiger charge is -1.97. The molecule has 1 aromatic carbocycles. The number of benzene rings is 1. The van der Waals surface area contributed by atoms with Crippen LogP contribution in [0.3, 0.4) is 0 Å². The first-order chi connectivity index (χ1) is 8.15. The molecule has 1 aromatic heterocycles. The van der Waals surface area contributed by atoms with Crippen molar-refractivity contribution in [1.29, 1.82) is 0 Å². The maximum absolute atomic E-state index is 12.9. The molecule has 17 heavy (non-hydrogen) atoms. The summed E-state index contributed by atoms with van der Waals surface area (Å²) in [6.45, 7) is 3.95. The Bertz CT molecular complexity index is 606. The molecule has 0 spiro atoms. The molecule has 0 aliphatic rings. The predicted octanol–water partition coefficient (Wildman–Crippen LogP) is 3.24. The minimum atomic E-state index is -0.273. The van der Waals surface area contributed by atoms with E-state index >= 15 is 0 Å². The van der Waals surface area contributed by atoms with Crippen LogP contribution in [-0.4, -0.2) is 4.98 Å². The van der Waals surface area contributed by atoms with Crippen molar-refractivity contribution >= 4 is 0 Å². The van der Waals surface area contributed by atoms with Crippen LogP contribution in [0, 0.1) is 31.5 Å². The lowest BCUT2D eigenvalue weighted by molar-refractivity contribution is 0.627. The van der Waals surface area contributed by atoms with Gasteiger partial charge in [-0.15, -0.1) is 0 Å². The zero-order chi connectivity index (χ0) is 12.3. The van der Waals surface area contributed by atoms with Crippen LogP contribution in [0.5, 0.6) is 0 Å². The molecule has 0 bridgehead atoms. The summed E-state index contributed by atoms with van der Waals surface area (Å²) < 4.78 is 12.9. The minimum absolute atomic E-state index is 0.273. The number of hydrogen-bond acceptors (Lipinski definition) is 1. The number of aryl methyl sites for hydroxylation is 2. The molecule has 0 saturated heterocycles. The Kier molecular flexibility index (Phi) is 3.20. The predicted molar refractivity (Wildman–Crippen MR) is 66.1 cm³/mol. The van der Waals surface area contributed by atoms with Crippen LogP contribution in [0.4, 0.5) is 4.39 Å². The Labute approximate surface area is 100 Å². The van der Waals surface area contributed by atoms with Gasteiger partial charge in [-0.2, -0.15) is 0 Å². The molecule has 2 rings (SSSR count). The molecule has 0 unspecified atom stereocenters. The van der Waals surface area contributed by atoms with E-state index in [-0.39, 0.29) is 5.82 Å². The number of nitrogens with zero attached hydrogens (tertiary/aromatic N) is 1. The van der Waals surface area contributed by atoms with Crippen molar-refractivity contribution in [2.45, 2.75) is 13.8 Å². The van der Waals surface area contributed by atoms with Crippen molar-refractivity contribution in [2.24, 2.45) is 0 Å². The summed E-state index contributed by atoms with van der Waals surface area (Å²) in [5.74, 6) is 5.55. The SMILES string of the molecule is Cc1ccc(C#Cc2cccc(F)c2)nc1C. The van der Waals surface area contributed by atoms with Crippen LogP contribution in [0.25, 0.3) is 0 Å². The van der Waals surface area contributed by atoms with Gasteiger partial charge in [0.15, 0.2) is 0 Å². The summed E-state index contributed by atoms with van der Waals surface area (Å²) in [6, 6.07) is 10.1. The minimum Gasteiger partial charge on any atom is -0.244 e. The van der Waals surface area contributed by atoms with Crippen LogP contribution >= 0.6 is 0 Å². The van der Waals surface area contributed by atoms with E-state index in [1.165, 1.54) is 12.1 Å². The third-order valence-corrected chi connectivity index (χ3v) is 2.51. The standard InChI is InChI=1S/C15H12FN/c1-11-6-8-15(17-12(11)2)9-7-13-4-3-5-14(16)10-13/h3-6,8,10H,1-2H3. The fourth-order valence-corrected chi connectivity index (χ4v) is 1.40. The number of halogens is 1. The third-order valence-electron chi connectivity index (χ3n) is 2.51. The van der Waals surface area contributed by atoms with Gasteiger partial charge in [0.25, 0.3) is 0 Å². The van der Waals surface area contributed by atoms with Crippen LogP contribution < -0.4 is 0 Å². The van der Waals surface area contributed by atoms with Crippen molar-refractivity contribution in [3.63, 3.8) is 0 Å². The van der Waals surface area contributed by atoms with Gasteiger partial charge in [0, 0.05) is 11.3 Å². The van der Waals surface area contributed by atoms with Gasteiger partial charge in [0.05, 0.1) is 0 Å². The Morgan fingerprint density at radius 3 is 2.59 bits per heavy atom. The molecule has 0 aliphatic heterocycles. The van der Waals surface area contributed by atoms with Gasteiger partial charge in [-0.25, -0.2) is 9.37 Å². The fraction of sp³-hybridized carbons (Fsp3) is 0.133. The largest absolute Gasteiger partial charge is 0.244 e. The average molecular weight is 225 g/mol. The first kappa shape index (κ1) is 11.3. The van der Waals surface area contributed by atoms with E-state index in [0.717, 1.165) is 11.3 Å². The van der Waals surface area contributed by atoms with Gasteiger partial charge in [0.2, 0.25) is 0 Å². The van der Waals surface area contributed by atoms with Crippen molar-refractivity contribution < 1.29 is 4.39 Å². The topological polar surface area (TPSA) is 12.9 Å². The van der Waals surface area contributed by atoms with Crippen molar-refractivity contribution in [2.75, 3.05) is 0 Å². The van der Waals surface area contributed by atoms with E-state index < -0.39 is 0 Å². The molecular formula is C15H12FN. The fourth-order valence-electron chi connectivity index (χ4n) is 1.40. The average Bonchev–Trinajstić information content (AvgIpc) is 2.31. The lowest BCUT2D eigenvalue weighted by atomic mass is 10.2. The van der Waals surface area contributed by atoms with Gasteiger partial charge in [0.1, 0.15) is 11.5 Å². The zero-order valence-corrected chi connectivity index (χ0v) is 9.79. The van der Waals surface area contributed by atoms with Crippen molar-refractivity contribution in [3.8, 4) is 11.8 Å². The molecule has 84 valence electrons. The molecule has 0 N–H and O–H groups in total. The highest BCUT2D eigenvalue weighted by Crippen LogP contribution is 2.05. The lowest BCUT2D eigenvalue weighted by Crippen LogP contribution is -1.89. The molecule has 0 atom stereocenters. The summed E-state index contributed by atoms with van der Waals surface area (Å²) in [5.41, 5.74) is 3.47. The molecule has 2 heteroatoms. The second-order valence-corrected chi connectivity index (χ2v) is 3.86. The first-order valence-electron chi connectivity index (χ1n) is 5.37. The van der Waals surface area contributed by atoms with Crippen LogP contribution in [0.15, 0.2) is 36.4 Å². The zero-order valence-electron chi connectivity index (χ0n) is 9.79. The molecule has 0 fully saturated rings. The van der Waals surface area contributed by atoms with Gasteiger partial charge < -0.3 is 0 Å². The number of hydrogen-bond donors (Lipinski definition) is 0. The highest BCUT2D eigenvalue weighted by atomic mass is 19.1. The van der Waals surface area contributed by atoms with E-state index in [1.807, 2.05) is 26.0 Å². The molecule has 0 aliphatic carbocycles. The van der Waals surface area contributed by atoms with E-state index in [4.69, 9.17) is 0 Å². The molecule has 2 aromatic rings. The van der Waals surface area contributed by atoms with E-state index in [2.05, 4.69) is 16.8 Å². The van der Waals surface area contributed by atoms with E-state index in [9.17, 15) is 4.39 Å². The first-order valence-corrected chi connectivity index (χ1v) is 5.37. The smallest absolute Gasteiger partial charge is 0.124 e. The summed E-state index contributed by atoms with van der Waals surface area (Å²) in [6.07, 6.45) is 0. The third kappa shape index (κ3) is 2.92. The molecule has 0 amide bonds. The van der Waals surface area contributed by atoms with Crippen molar-refractivity contribution in [3.05, 3.63) is 64.7 Å². The maximum atomic E-state index is 12.9. The van der Waals surface area contributed by atoms with Crippen LogP contribution in [-0.2, 0) is 0 Å². The summed E-state index contributed by atoms with van der Waals surface area (Å²) in [4.78, 5) is 4.34. The van der Waals surface area contributed by atoms with E-state index in [0.29, 0.717) is 11.3 Å². The monoisotopic (exact) mass is 225 g/mol. The Morgan fingerprint density at radius 2 is 1.88 bits per heavy atom. The molecule has 1 heterocycles. The summed E-state index contributed by atoms with van der Waals surface area (Å²) >= 11 is 0. The maximum Gasteiger partial charge on any atom is 0.124 e. The Morgan fingerprint density at radius 1 is 1.06 bits per heavy atom. The second kappa shape index (κ2) is 4.80. The quantitative estimate of drug-likeness (QED) is 0.627. The second-order valence-electron chi connectivity index (χ2n) is 3.86. The highest BCUT2D eigenvalue weighted by molar-refractivity contribution is 5.41. The normalized spacial score (nSPS) is 9.59. The van der Waals surface area contributed by atoms with Crippen LogP contribution in [0.2, 0.25) is 0 Å². The van der Waals surface area contributed by atoms with Gasteiger partial charge in [-0.05, 0) is 49.6 Å².